The number of unbranched alkanes of at least 4 members (excludes halogenated alkanes) is 1. The summed E-state index contributed by atoms with van der Waals surface area (Å²) in [4.78, 5) is 21.1. The van der Waals surface area contributed by atoms with E-state index in [9.17, 15) is 9.90 Å². The van der Waals surface area contributed by atoms with Crippen molar-refractivity contribution in [1.82, 2.24) is 14.5 Å². The summed E-state index contributed by atoms with van der Waals surface area (Å²) in [6, 6.07) is 0. The van der Waals surface area contributed by atoms with E-state index >= 15 is 0 Å². The number of fused-ring (bicyclic) bond motifs is 1. The molecule has 0 aliphatic carbocycles. The molecule has 0 saturated carbocycles. The molecule has 0 atom stereocenters. The smallest absolute Gasteiger partial charge is 0.341 e. The van der Waals surface area contributed by atoms with Crippen molar-refractivity contribution in [3.63, 3.8) is 0 Å². The molecule has 0 radical (unpaired) electrons. The normalized spacial score (nSPS) is 11.0. The van der Waals surface area contributed by atoms with Gasteiger partial charge in [0.2, 0.25) is 0 Å². The molecule has 7 heteroatoms. The maximum Gasteiger partial charge on any atom is 0.341 e. The zero-order valence-electron chi connectivity index (χ0n) is 13.9. The van der Waals surface area contributed by atoms with Gasteiger partial charge < -0.3 is 19.7 Å². The minimum absolute atomic E-state index is 0.00616. The third kappa shape index (κ3) is 3.61. The summed E-state index contributed by atoms with van der Waals surface area (Å²) in [6.45, 7) is 7.22. The molecule has 2 rings (SSSR count). The zero-order chi connectivity index (χ0) is 16.8. The second-order valence-corrected chi connectivity index (χ2v) is 5.25. The summed E-state index contributed by atoms with van der Waals surface area (Å²) >= 11 is 0. The van der Waals surface area contributed by atoms with Crippen LogP contribution in [-0.2, 0) is 11.3 Å². The number of esters is 1. The van der Waals surface area contributed by atoms with E-state index in [1.165, 1.54) is 6.20 Å². The fraction of sp³-hybridized carbons (Fsp3) is 0.562. The lowest BCUT2D eigenvalue weighted by Gasteiger charge is -2.12. The van der Waals surface area contributed by atoms with Gasteiger partial charge in [-0.3, -0.25) is 0 Å². The molecular formula is C16H24N4O3. The van der Waals surface area contributed by atoms with E-state index in [-0.39, 0.29) is 6.61 Å². The number of nitrogens with zero attached hydrogens (tertiary/aromatic N) is 3. The number of nitrogens with one attached hydrogen (secondary N) is 1. The number of carbonyl (C=O) groups excluding carboxylic acids is 1. The van der Waals surface area contributed by atoms with Crippen molar-refractivity contribution in [3.8, 4) is 0 Å². The summed E-state index contributed by atoms with van der Waals surface area (Å²) in [7, 11) is 0. The highest BCUT2D eigenvalue weighted by Gasteiger charge is 2.20. The summed E-state index contributed by atoms with van der Waals surface area (Å²) in [5.41, 5.74) is 2.34. The number of anilines is 1. The first-order chi connectivity index (χ1) is 11.1. The van der Waals surface area contributed by atoms with Crippen LogP contribution in [0.3, 0.4) is 0 Å². The second-order valence-electron chi connectivity index (χ2n) is 5.25. The van der Waals surface area contributed by atoms with E-state index in [0.29, 0.717) is 35.6 Å². The molecule has 0 aromatic carbocycles. The van der Waals surface area contributed by atoms with Gasteiger partial charge in [-0.2, -0.15) is 0 Å². The first-order valence-electron chi connectivity index (χ1n) is 8.01. The second kappa shape index (κ2) is 7.92. The molecule has 2 aromatic heterocycles. The number of hydrogen-bond donors (Lipinski definition) is 2. The van der Waals surface area contributed by atoms with Crippen LogP contribution in [0.5, 0.6) is 0 Å². The average Bonchev–Trinajstić information content (AvgIpc) is 2.85. The maximum absolute atomic E-state index is 12.2. The van der Waals surface area contributed by atoms with E-state index in [2.05, 4.69) is 22.2 Å². The Balaban J connectivity index is 2.53. The Bertz CT molecular complexity index is 682. The Kier molecular flexibility index (Phi) is 5.92. The lowest BCUT2D eigenvalue weighted by atomic mass is 10.2. The lowest BCUT2D eigenvalue weighted by Crippen LogP contribution is -2.12. The molecule has 7 nitrogen and oxygen atoms in total. The van der Waals surface area contributed by atoms with Crippen LogP contribution in [0.4, 0.5) is 5.69 Å². The molecule has 0 unspecified atom stereocenters. The summed E-state index contributed by atoms with van der Waals surface area (Å²) in [6.07, 6.45) is 3.56. The van der Waals surface area contributed by atoms with Crippen molar-refractivity contribution in [2.75, 3.05) is 25.1 Å². The third-order valence-corrected chi connectivity index (χ3v) is 3.60. The molecule has 0 spiro atoms. The van der Waals surface area contributed by atoms with Crippen LogP contribution in [0, 0.1) is 6.92 Å². The van der Waals surface area contributed by atoms with Crippen LogP contribution in [0.25, 0.3) is 11.2 Å². The standard InChI is InChI=1S/C16H24N4O3/c1-4-6-7-17-13-12(16(22)23-5-2)10-18-15-14(13)19-11(3)20(15)8-9-21/h10,21H,4-9H2,1-3H3,(H,17,18). The minimum atomic E-state index is -0.407. The largest absolute Gasteiger partial charge is 0.462 e. The fourth-order valence-electron chi connectivity index (χ4n) is 2.47. The monoisotopic (exact) mass is 320 g/mol. The zero-order valence-corrected chi connectivity index (χ0v) is 13.9. The van der Waals surface area contributed by atoms with Gasteiger partial charge in [-0.25, -0.2) is 14.8 Å². The first-order valence-corrected chi connectivity index (χ1v) is 8.01. The number of aryl methyl sites for hydroxylation is 1. The van der Waals surface area contributed by atoms with Gasteiger partial charge >= 0.3 is 5.97 Å². The van der Waals surface area contributed by atoms with Gasteiger partial charge in [0.25, 0.3) is 0 Å². The minimum Gasteiger partial charge on any atom is -0.462 e. The van der Waals surface area contributed by atoms with Crippen LogP contribution >= 0.6 is 0 Å². The predicted octanol–water partition coefficient (Wildman–Crippen LogP) is 2.12. The Hall–Kier alpha value is -2.15. The highest BCUT2D eigenvalue weighted by Crippen LogP contribution is 2.27. The van der Waals surface area contributed by atoms with Crippen molar-refractivity contribution in [3.05, 3.63) is 17.6 Å². The van der Waals surface area contributed by atoms with E-state index in [1.807, 2.05) is 11.5 Å². The number of imidazole rings is 1. The topological polar surface area (TPSA) is 89.3 Å². The highest BCUT2D eigenvalue weighted by molar-refractivity contribution is 6.03. The highest BCUT2D eigenvalue weighted by atomic mass is 16.5. The molecule has 2 aromatic rings. The van der Waals surface area contributed by atoms with Crippen molar-refractivity contribution >= 4 is 22.8 Å². The first kappa shape index (κ1) is 17.2. The van der Waals surface area contributed by atoms with Gasteiger partial charge in [0.05, 0.1) is 18.9 Å². The average molecular weight is 320 g/mol. The molecule has 0 fully saturated rings. The number of aromatic nitrogens is 3. The number of pyridine rings is 1. The molecule has 0 saturated heterocycles. The molecule has 126 valence electrons. The molecule has 23 heavy (non-hydrogen) atoms. The van der Waals surface area contributed by atoms with Crippen molar-refractivity contribution in [2.45, 2.75) is 40.2 Å². The van der Waals surface area contributed by atoms with E-state index in [1.54, 1.807) is 6.92 Å². The SMILES string of the molecule is CCCCNc1c(C(=O)OCC)cnc2c1nc(C)n2CCO. The van der Waals surface area contributed by atoms with Crippen molar-refractivity contribution in [1.29, 1.82) is 0 Å². The van der Waals surface area contributed by atoms with Crippen LogP contribution in [0.1, 0.15) is 42.9 Å². The molecule has 2 heterocycles. The fourth-order valence-corrected chi connectivity index (χ4v) is 2.47. The number of ether oxygens (including phenoxy) is 1. The van der Waals surface area contributed by atoms with E-state index < -0.39 is 5.97 Å². The molecule has 0 amide bonds. The van der Waals surface area contributed by atoms with Crippen molar-refractivity contribution < 1.29 is 14.6 Å². The Morgan fingerprint density at radius 3 is 2.87 bits per heavy atom. The molecule has 0 bridgehead atoms. The van der Waals surface area contributed by atoms with Gasteiger partial charge in [0.15, 0.2) is 5.65 Å². The van der Waals surface area contributed by atoms with Gasteiger partial charge in [0.1, 0.15) is 16.9 Å². The van der Waals surface area contributed by atoms with E-state index in [4.69, 9.17) is 4.74 Å². The third-order valence-electron chi connectivity index (χ3n) is 3.60. The number of rotatable bonds is 8. The Labute approximate surface area is 135 Å². The summed E-state index contributed by atoms with van der Waals surface area (Å²) in [5.74, 6) is 0.344. The van der Waals surface area contributed by atoms with Gasteiger partial charge in [-0.1, -0.05) is 13.3 Å². The van der Waals surface area contributed by atoms with Crippen LogP contribution in [-0.4, -0.2) is 45.4 Å². The number of aliphatic hydroxyl groups excluding tert-OH is 1. The van der Waals surface area contributed by atoms with Crippen LogP contribution in [0.2, 0.25) is 0 Å². The molecular weight excluding hydrogens is 296 g/mol. The van der Waals surface area contributed by atoms with Gasteiger partial charge in [0, 0.05) is 19.3 Å². The number of aliphatic hydroxyl groups is 1. The number of hydrogen-bond acceptors (Lipinski definition) is 6. The van der Waals surface area contributed by atoms with Crippen LogP contribution < -0.4 is 5.32 Å². The van der Waals surface area contributed by atoms with Crippen LogP contribution in [0.15, 0.2) is 6.20 Å². The molecule has 0 aliphatic heterocycles. The predicted molar refractivity (Wildman–Crippen MR) is 88.7 cm³/mol. The number of carbonyl (C=O) groups is 1. The maximum atomic E-state index is 12.2. The van der Waals surface area contributed by atoms with Gasteiger partial charge in [-0.15, -0.1) is 0 Å². The molecule has 2 N–H and O–H groups in total. The summed E-state index contributed by atoms with van der Waals surface area (Å²) in [5, 5.41) is 12.5. The lowest BCUT2D eigenvalue weighted by molar-refractivity contribution is 0.0527. The van der Waals surface area contributed by atoms with E-state index in [0.717, 1.165) is 25.2 Å². The van der Waals surface area contributed by atoms with Crippen molar-refractivity contribution in [2.24, 2.45) is 0 Å². The Morgan fingerprint density at radius 1 is 1.43 bits per heavy atom. The quantitative estimate of drug-likeness (QED) is 0.572. The van der Waals surface area contributed by atoms with Gasteiger partial charge in [-0.05, 0) is 20.3 Å². The summed E-state index contributed by atoms with van der Waals surface area (Å²) < 4.78 is 6.96. The Morgan fingerprint density at radius 2 is 2.22 bits per heavy atom. The molecule has 0 aliphatic rings.